The molecule has 0 radical (unpaired) electrons. The molecule has 2 fully saturated rings. The van der Waals surface area contributed by atoms with E-state index in [9.17, 15) is 9.59 Å². The summed E-state index contributed by atoms with van der Waals surface area (Å²) in [5.41, 5.74) is 5.87. The van der Waals surface area contributed by atoms with Gasteiger partial charge in [0.15, 0.2) is 5.69 Å². The van der Waals surface area contributed by atoms with Gasteiger partial charge in [-0.25, -0.2) is 14.1 Å². The summed E-state index contributed by atoms with van der Waals surface area (Å²) >= 11 is 0. The Morgan fingerprint density at radius 1 is 0.978 bits per heavy atom. The Morgan fingerprint density at radius 2 is 1.73 bits per heavy atom. The maximum absolute atomic E-state index is 13.2. The summed E-state index contributed by atoms with van der Waals surface area (Å²) in [5, 5.41) is 18.7. The van der Waals surface area contributed by atoms with Gasteiger partial charge < -0.3 is 5.32 Å². The number of carbonyl (C=O) groups is 2. The largest absolute Gasteiger partial charge is 0.324 e. The summed E-state index contributed by atoms with van der Waals surface area (Å²) in [6.07, 6.45) is 6.89. The van der Waals surface area contributed by atoms with E-state index in [1.165, 1.54) is 5.56 Å². The monoisotopic (exact) mass is 607 g/mol. The smallest absolute Gasteiger partial charge is 0.308 e. The average molecular weight is 608 g/mol. The molecule has 2 aromatic heterocycles. The van der Waals surface area contributed by atoms with Crippen LogP contribution in [-0.2, 0) is 18.3 Å². The molecule has 1 aliphatic carbocycles. The molecule has 234 valence electrons. The van der Waals surface area contributed by atoms with E-state index in [4.69, 9.17) is 9.73 Å². The molecule has 2 saturated heterocycles. The number of fused-ring (bicyclic) bond motifs is 3. The van der Waals surface area contributed by atoms with Gasteiger partial charge in [0.05, 0.1) is 17.4 Å². The Kier molecular flexibility index (Phi) is 7.55. The van der Waals surface area contributed by atoms with Crippen LogP contribution in [0, 0.1) is 12.8 Å². The maximum atomic E-state index is 13.2. The van der Waals surface area contributed by atoms with Crippen LogP contribution < -0.4 is 10.6 Å². The maximum Gasteiger partial charge on any atom is 0.324 e. The molecule has 0 spiro atoms. The molecule has 3 aliphatic rings. The fourth-order valence-corrected chi connectivity index (χ4v) is 7.51. The van der Waals surface area contributed by atoms with E-state index in [-0.39, 0.29) is 23.3 Å². The topological polar surface area (TPSA) is 118 Å². The lowest BCUT2D eigenvalue weighted by Crippen LogP contribution is -2.53. The highest BCUT2D eigenvalue weighted by Gasteiger charge is 2.47. The van der Waals surface area contributed by atoms with Crippen molar-refractivity contribution in [3.8, 4) is 5.69 Å². The average Bonchev–Trinajstić information content (AvgIpc) is 3.71. The molecule has 45 heavy (non-hydrogen) atoms. The molecule has 2 N–H and O–H groups in total. The molecule has 7 rings (SSSR count). The van der Waals surface area contributed by atoms with Crippen LogP contribution in [0.4, 0.5) is 16.3 Å². The number of anilines is 2. The van der Waals surface area contributed by atoms with Crippen LogP contribution in [0.3, 0.4) is 0 Å². The lowest BCUT2D eigenvalue weighted by atomic mass is 9.83. The minimum Gasteiger partial charge on any atom is -0.308 e. The summed E-state index contributed by atoms with van der Waals surface area (Å²) in [7, 11) is 0. The molecule has 2 bridgehead atoms. The summed E-state index contributed by atoms with van der Waals surface area (Å²) in [5.74, 6) is 1.22. The molecular weight excluding hydrogens is 566 g/mol. The van der Waals surface area contributed by atoms with Gasteiger partial charge >= 0.3 is 6.03 Å². The van der Waals surface area contributed by atoms with Crippen molar-refractivity contribution in [2.75, 3.05) is 10.6 Å². The molecule has 10 nitrogen and oxygen atoms in total. The number of carbonyl (C=O) groups excluding carboxylic acids is 2. The second-order valence-corrected chi connectivity index (χ2v) is 14.0. The van der Waals surface area contributed by atoms with E-state index in [0.29, 0.717) is 35.2 Å². The fourth-order valence-electron chi connectivity index (χ4n) is 7.51. The molecule has 2 aromatic carbocycles. The number of Topliss-reactive ketones (excluding diaryl/α,β-unsaturated/α-hetero) is 1. The van der Waals surface area contributed by atoms with Crippen LogP contribution in [-0.4, -0.2) is 54.9 Å². The van der Waals surface area contributed by atoms with Crippen LogP contribution in [0.1, 0.15) is 85.9 Å². The predicted molar refractivity (Wildman–Crippen MR) is 172 cm³/mol. The Bertz CT molecular complexity index is 1700. The number of amides is 2. The van der Waals surface area contributed by atoms with Crippen LogP contribution in [0.5, 0.6) is 0 Å². The Balaban J connectivity index is 1.00. The minimum atomic E-state index is -0.310. The number of hydrogen-bond acceptors (Lipinski definition) is 7. The quantitative estimate of drug-likeness (QED) is 0.257. The van der Waals surface area contributed by atoms with Crippen molar-refractivity contribution in [3.05, 3.63) is 82.8 Å². The number of ketones is 1. The van der Waals surface area contributed by atoms with Crippen molar-refractivity contribution < 1.29 is 14.2 Å². The number of rotatable bonds is 6. The van der Waals surface area contributed by atoms with Crippen molar-refractivity contribution in [1.29, 1.82) is 0 Å². The highest BCUT2D eigenvalue weighted by molar-refractivity contribution is 6.00. The third kappa shape index (κ3) is 5.91. The number of piperidine rings is 1. The summed E-state index contributed by atoms with van der Waals surface area (Å²) < 4.78 is 6.65. The summed E-state index contributed by atoms with van der Waals surface area (Å²) in [4.78, 5) is 28.9. The molecule has 2 aliphatic heterocycles. The number of nitrogens with one attached hydrogen (secondary N) is 2. The van der Waals surface area contributed by atoms with Crippen molar-refractivity contribution in [3.63, 3.8) is 0 Å². The van der Waals surface area contributed by atoms with Gasteiger partial charge in [0.2, 0.25) is 5.78 Å². The van der Waals surface area contributed by atoms with Crippen LogP contribution >= 0.6 is 0 Å². The second kappa shape index (κ2) is 11.6. The zero-order valence-electron chi connectivity index (χ0n) is 26.4. The van der Waals surface area contributed by atoms with Gasteiger partial charge in [-0.15, -0.1) is 0 Å². The number of aryl methyl sites for hydroxylation is 2. The lowest BCUT2D eigenvalue weighted by Gasteiger charge is -2.43. The van der Waals surface area contributed by atoms with Gasteiger partial charge in [-0.1, -0.05) is 55.8 Å². The van der Waals surface area contributed by atoms with Crippen LogP contribution in [0.25, 0.3) is 5.69 Å². The van der Waals surface area contributed by atoms with E-state index in [2.05, 4.69) is 58.8 Å². The van der Waals surface area contributed by atoms with Crippen LogP contribution in [0.15, 0.2) is 59.2 Å². The predicted octanol–water partition coefficient (Wildman–Crippen LogP) is 6.49. The first-order valence-electron chi connectivity index (χ1n) is 16.1. The molecule has 3 atom stereocenters. The Labute approximate surface area is 263 Å². The van der Waals surface area contributed by atoms with E-state index in [1.807, 2.05) is 49.4 Å². The number of urea groups is 1. The molecule has 0 saturated carbocycles. The van der Waals surface area contributed by atoms with E-state index in [1.54, 1.807) is 4.68 Å². The normalized spacial score (nSPS) is 23.2. The third-order valence-electron chi connectivity index (χ3n) is 9.70. The number of benzene rings is 2. The summed E-state index contributed by atoms with van der Waals surface area (Å²) in [6.45, 7) is 8.38. The highest BCUT2D eigenvalue weighted by Crippen LogP contribution is 2.43. The molecule has 4 heterocycles. The molecule has 3 unspecified atom stereocenters. The molecular formula is C35H41N7O3. The Hall–Kier alpha value is -4.31. The fraction of sp³-hybridized carbons (Fsp3) is 0.457. The number of hydrogen-bond donors (Lipinski definition) is 2. The third-order valence-corrected chi connectivity index (χ3v) is 9.70. The first-order valence-corrected chi connectivity index (χ1v) is 16.1. The van der Waals surface area contributed by atoms with E-state index in [0.717, 1.165) is 67.6 Å². The summed E-state index contributed by atoms with van der Waals surface area (Å²) in [6, 6.07) is 18.6. The first-order chi connectivity index (χ1) is 21.6. The lowest BCUT2D eigenvalue weighted by molar-refractivity contribution is 0.0424. The van der Waals surface area contributed by atoms with Crippen molar-refractivity contribution in [2.24, 2.45) is 5.92 Å². The van der Waals surface area contributed by atoms with Crippen molar-refractivity contribution in [2.45, 2.75) is 96.2 Å². The van der Waals surface area contributed by atoms with E-state index < -0.39 is 0 Å². The molecule has 10 heteroatoms. The van der Waals surface area contributed by atoms with Crippen molar-refractivity contribution in [1.82, 2.24) is 25.0 Å². The highest BCUT2D eigenvalue weighted by atomic mass is 16.6. The molecule has 2 amide bonds. The SMILES string of the molecule is Cc1ccc(-n2nc(C(C)(C)C)cc2NC(=O)Nc2cccc(CC3CC4CCC(C3)N4C3CCc4nonc4C3=O)c2)cc1. The second-order valence-electron chi connectivity index (χ2n) is 14.0. The van der Waals surface area contributed by atoms with Gasteiger partial charge in [0, 0.05) is 29.3 Å². The van der Waals surface area contributed by atoms with Gasteiger partial charge in [-0.2, -0.15) is 5.10 Å². The standard InChI is InChI=1S/C35H41N7O3/c1-21-8-10-25(11-9-21)42-31(20-30(38-42)35(2,3)4)37-34(44)36-24-7-5-6-22(17-24)16-23-18-26-12-13-27(19-23)41(26)29-15-14-28-32(33(29)43)40-45-39-28/h5-11,17,20,23,26-27,29H,12-16,18-19H2,1-4H3,(H2,36,37,44). The van der Waals surface area contributed by atoms with Gasteiger partial charge in [0.1, 0.15) is 11.5 Å². The number of nitrogens with zero attached hydrogens (tertiary/aromatic N) is 5. The van der Waals surface area contributed by atoms with E-state index >= 15 is 0 Å². The zero-order chi connectivity index (χ0) is 31.3. The minimum absolute atomic E-state index is 0.0708. The van der Waals surface area contributed by atoms with Gasteiger partial charge in [-0.3, -0.25) is 15.0 Å². The first kappa shape index (κ1) is 29.4. The number of aromatic nitrogens is 4. The van der Waals surface area contributed by atoms with Crippen molar-refractivity contribution >= 4 is 23.3 Å². The Morgan fingerprint density at radius 3 is 2.47 bits per heavy atom. The van der Waals surface area contributed by atoms with Gasteiger partial charge in [-0.05, 0) is 92.8 Å². The zero-order valence-corrected chi connectivity index (χ0v) is 26.4. The molecule has 4 aromatic rings. The van der Waals surface area contributed by atoms with Crippen LogP contribution in [0.2, 0.25) is 0 Å². The van der Waals surface area contributed by atoms with Gasteiger partial charge in [0.25, 0.3) is 0 Å².